The number of hydrogen-bond acceptors (Lipinski definition) is 6. The van der Waals surface area contributed by atoms with Crippen molar-refractivity contribution in [3.8, 4) is 11.5 Å². The lowest BCUT2D eigenvalue weighted by molar-refractivity contribution is 0.0945. The van der Waals surface area contributed by atoms with E-state index in [9.17, 15) is 4.79 Å². The molecule has 1 heterocycles. The lowest BCUT2D eigenvalue weighted by Gasteiger charge is -2.11. The van der Waals surface area contributed by atoms with Crippen molar-refractivity contribution in [2.75, 3.05) is 19.5 Å². The molecule has 2 aromatic carbocycles. The van der Waals surface area contributed by atoms with Crippen LogP contribution in [-0.2, 0) is 6.54 Å². The summed E-state index contributed by atoms with van der Waals surface area (Å²) < 4.78 is 10.5. The number of hydrogen-bond donors (Lipinski definition) is 2. The van der Waals surface area contributed by atoms with Crippen LogP contribution in [0.1, 0.15) is 21.6 Å². The maximum atomic E-state index is 12.3. The molecule has 7 nitrogen and oxygen atoms in total. The van der Waals surface area contributed by atoms with Gasteiger partial charge in [0.25, 0.3) is 5.91 Å². The van der Waals surface area contributed by atoms with Gasteiger partial charge in [-0.1, -0.05) is 29.8 Å². The molecule has 0 saturated heterocycles. The Kier molecular flexibility index (Phi) is 6.06. The van der Waals surface area contributed by atoms with Crippen molar-refractivity contribution in [3.63, 3.8) is 0 Å². The van der Waals surface area contributed by atoms with Gasteiger partial charge in [0, 0.05) is 18.3 Å². The van der Waals surface area contributed by atoms with Crippen molar-refractivity contribution >= 4 is 17.4 Å². The Morgan fingerprint density at radius 3 is 2.50 bits per heavy atom. The minimum Gasteiger partial charge on any atom is -0.493 e. The molecule has 7 heteroatoms. The molecule has 28 heavy (non-hydrogen) atoms. The number of carbonyl (C=O) groups excluding carboxylic acids is 1. The second kappa shape index (κ2) is 8.85. The number of methoxy groups -OCH3 is 2. The Labute approximate surface area is 163 Å². The summed E-state index contributed by atoms with van der Waals surface area (Å²) in [6.45, 7) is 2.45. The molecule has 1 amide bonds. The van der Waals surface area contributed by atoms with Crippen molar-refractivity contribution < 1.29 is 14.3 Å². The second-order valence-corrected chi connectivity index (χ2v) is 6.15. The van der Waals surface area contributed by atoms with E-state index < -0.39 is 0 Å². The van der Waals surface area contributed by atoms with E-state index in [1.165, 1.54) is 12.4 Å². The number of rotatable bonds is 7. The van der Waals surface area contributed by atoms with Crippen LogP contribution in [0.3, 0.4) is 0 Å². The molecule has 2 N–H and O–H groups in total. The highest BCUT2D eigenvalue weighted by Crippen LogP contribution is 2.30. The van der Waals surface area contributed by atoms with E-state index >= 15 is 0 Å². The van der Waals surface area contributed by atoms with E-state index in [0.717, 1.165) is 16.8 Å². The van der Waals surface area contributed by atoms with E-state index in [4.69, 9.17) is 9.47 Å². The molecule has 0 atom stereocenters. The highest BCUT2D eigenvalue weighted by Gasteiger charge is 2.09. The molecule has 1 aromatic heterocycles. The minimum absolute atomic E-state index is 0.255. The van der Waals surface area contributed by atoms with E-state index in [-0.39, 0.29) is 11.6 Å². The van der Waals surface area contributed by atoms with Crippen molar-refractivity contribution in [2.24, 2.45) is 0 Å². The molecule has 0 unspecified atom stereocenters. The van der Waals surface area contributed by atoms with Crippen LogP contribution in [0.4, 0.5) is 11.5 Å². The molecule has 0 radical (unpaired) electrons. The molecule has 0 aliphatic carbocycles. The highest BCUT2D eigenvalue weighted by atomic mass is 16.5. The monoisotopic (exact) mass is 378 g/mol. The zero-order valence-electron chi connectivity index (χ0n) is 16.0. The summed E-state index contributed by atoms with van der Waals surface area (Å²) in [5.41, 5.74) is 3.21. The van der Waals surface area contributed by atoms with Crippen molar-refractivity contribution in [3.05, 3.63) is 71.7 Å². The van der Waals surface area contributed by atoms with Gasteiger partial charge in [0.15, 0.2) is 11.5 Å². The fourth-order valence-electron chi connectivity index (χ4n) is 2.67. The highest BCUT2D eigenvalue weighted by molar-refractivity contribution is 5.92. The van der Waals surface area contributed by atoms with Gasteiger partial charge in [-0.05, 0) is 24.6 Å². The first-order valence-corrected chi connectivity index (χ1v) is 8.74. The topological polar surface area (TPSA) is 85.4 Å². The predicted octanol–water partition coefficient (Wildman–Crippen LogP) is 3.48. The molecule has 0 fully saturated rings. The maximum absolute atomic E-state index is 12.3. The van der Waals surface area contributed by atoms with Crippen LogP contribution < -0.4 is 20.1 Å². The summed E-state index contributed by atoms with van der Waals surface area (Å²) in [6.07, 6.45) is 2.95. The summed E-state index contributed by atoms with van der Waals surface area (Å²) in [7, 11) is 3.16. The number of anilines is 2. The average Bonchev–Trinajstić information content (AvgIpc) is 2.72. The molecule has 0 spiro atoms. The summed E-state index contributed by atoms with van der Waals surface area (Å²) in [6, 6.07) is 13.4. The van der Waals surface area contributed by atoms with Gasteiger partial charge in [0.05, 0.1) is 26.6 Å². The summed E-state index contributed by atoms with van der Waals surface area (Å²) in [5, 5.41) is 5.97. The molecular formula is C21H22N4O3. The van der Waals surface area contributed by atoms with Gasteiger partial charge in [-0.2, -0.15) is 0 Å². The van der Waals surface area contributed by atoms with Crippen molar-refractivity contribution in [1.82, 2.24) is 15.3 Å². The fourth-order valence-corrected chi connectivity index (χ4v) is 2.67. The van der Waals surface area contributed by atoms with Crippen molar-refractivity contribution in [1.29, 1.82) is 0 Å². The van der Waals surface area contributed by atoms with Gasteiger partial charge in [0.1, 0.15) is 11.5 Å². The normalized spacial score (nSPS) is 10.2. The Morgan fingerprint density at radius 2 is 1.82 bits per heavy atom. The van der Waals surface area contributed by atoms with Crippen LogP contribution in [-0.4, -0.2) is 30.1 Å². The third-order valence-corrected chi connectivity index (χ3v) is 4.08. The first-order valence-electron chi connectivity index (χ1n) is 8.74. The molecule has 3 aromatic rings. The minimum atomic E-state index is -0.272. The van der Waals surface area contributed by atoms with Gasteiger partial charge >= 0.3 is 0 Å². The number of nitrogens with zero attached hydrogens (tertiary/aromatic N) is 2. The lowest BCUT2D eigenvalue weighted by Crippen LogP contribution is -2.24. The number of carbonyl (C=O) groups is 1. The summed E-state index contributed by atoms with van der Waals surface area (Å²) >= 11 is 0. The van der Waals surface area contributed by atoms with Gasteiger partial charge in [-0.15, -0.1) is 0 Å². The summed E-state index contributed by atoms with van der Waals surface area (Å²) in [5.74, 6) is 1.49. The first kappa shape index (κ1) is 19.2. The molecule has 144 valence electrons. The van der Waals surface area contributed by atoms with Crippen LogP contribution in [0.2, 0.25) is 0 Å². The Balaban J connectivity index is 1.62. The smallest absolute Gasteiger partial charge is 0.271 e. The van der Waals surface area contributed by atoms with Gasteiger partial charge in [0.2, 0.25) is 0 Å². The Hall–Kier alpha value is -3.61. The van der Waals surface area contributed by atoms with Crippen LogP contribution in [0.15, 0.2) is 54.9 Å². The third-order valence-electron chi connectivity index (χ3n) is 4.08. The maximum Gasteiger partial charge on any atom is 0.271 e. The number of aryl methyl sites for hydroxylation is 1. The number of amides is 1. The molecule has 3 rings (SSSR count). The van der Waals surface area contributed by atoms with E-state index in [2.05, 4.69) is 20.6 Å². The van der Waals surface area contributed by atoms with E-state index in [1.54, 1.807) is 26.4 Å². The standard InChI is InChI=1S/C21H22N4O3/c1-14-5-4-6-15(9-14)11-24-21(26)17-12-23-20(13-22-17)25-16-7-8-18(27-2)19(10-16)28-3/h4-10,12-13H,11H2,1-3H3,(H,23,25)(H,24,26). The van der Waals surface area contributed by atoms with Gasteiger partial charge < -0.3 is 20.1 Å². The van der Waals surface area contributed by atoms with Crippen molar-refractivity contribution in [2.45, 2.75) is 13.5 Å². The van der Waals surface area contributed by atoms with Crippen LogP contribution in [0.25, 0.3) is 0 Å². The molecular weight excluding hydrogens is 356 g/mol. The zero-order valence-corrected chi connectivity index (χ0v) is 16.0. The predicted molar refractivity (Wildman–Crippen MR) is 107 cm³/mol. The molecule has 0 aliphatic heterocycles. The largest absolute Gasteiger partial charge is 0.493 e. The Bertz CT molecular complexity index is 958. The summed E-state index contributed by atoms with van der Waals surface area (Å²) in [4.78, 5) is 20.7. The van der Waals surface area contributed by atoms with Crippen LogP contribution in [0, 0.1) is 6.92 Å². The third kappa shape index (κ3) is 4.76. The zero-order chi connectivity index (χ0) is 19.9. The lowest BCUT2D eigenvalue weighted by atomic mass is 10.1. The van der Waals surface area contributed by atoms with Crippen LogP contribution in [0.5, 0.6) is 11.5 Å². The number of ether oxygens (including phenoxy) is 2. The van der Waals surface area contributed by atoms with Gasteiger partial charge in [-0.3, -0.25) is 4.79 Å². The van der Waals surface area contributed by atoms with Gasteiger partial charge in [-0.25, -0.2) is 9.97 Å². The molecule has 0 aliphatic rings. The second-order valence-electron chi connectivity index (χ2n) is 6.15. The average molecular weight is 378 g/mol. The van der Waals surface area contributed by atoms with E-state index in [1.807, 2.05) is 37.3 Å². The molecule has 0 saturated carbocycles. The van der Waals surface area contributed by atoms with Crippen LogP contribution >= 0.6 is 0 Å². The SMILES string of the molecule is COc1ccc(Nc2cnc(C(=O)NCc3cccc(C)c3)cn2)cc1OC. The first-order chi connectivity index (χ1) is 13.6. The number of benzene rings is 2. The Morgan fingerprint density at radius 1 is 1.00 bits per heavy atom. The number of nitrogens with one attached hydrogen (secondary N) is 2. The quantitative estimate of drug-likeness (QED) is 0.655. The number of aromatic nitrogens is 2. The van der Waals surface area contributed by atoms with E-state index in [0.29, 0.717) is 23.9 Å². The molecule has 0 bridgehead atoms. The fraction of sp³-hybridized carbons (Fsp3) is 0.190.